The highest BCUT2D eigenvalue weighted by Gasteiger charge is 2.76. The van der Waals surface area contributed by atoms with Crippen molar-refractivity contribution >= 4 is 77.4 Å². The largest absolute Gasteiger partial charge is 0.478 e. The predicted molar refractivity (Wildman–Crippen MR) is 234 cm³/mol. The van der Waals surface area contributed by atoms with Gasteiger partial charge in [-0.15, -0.1) is 0 Å². The summed E-state index contributed by atoms with van der Waals surface area (Å²) in [5.74, 6) is -0.424. The normalized spacial score (nSPS) is 35.6. The molecule has 21 heteroatoms. The second kappa shape index (κ2) is 23.1. The summed E-state index contributed by atoms with van der Waals surface area (Å²) < 4.78 is 89.7. The van der Waals surface area contributed by atoms with Gasteiger partial charge in [-0.1, -0.05) is 113 Å². The Labute approximate surface area is 349 Å². The Morgan fingerprint density at radius 2 is 0.714 bits per heavy atom. The zero-order valence-electron chi connectivity index (χ0n) is 36.1. The molecule has 6 bridgehead atoms. The second-order valence-corrected chi connectivity index (χ2v) is 39.5. The third kappa shape index (κ3) is 13.5. The molecule has 8 unspecified atom stereocenters. The minimum absolute atomic E-state index is 0.161. The van der Waals surface area contributed by atoms with E-state index in [1.54, 1.807) is 6.92 Å². The van der Waals surface area contributed by atoms with Crippen LogP contribution in [0.25, 0.3) is 0 Å². The van der Waals surface area contributed by atoms with E-state index < -0.39 is 77.4 Å². The molecule has 0 radical (unpaired) electrons. The van der Waals surface area contributed by atoms with Crippen LogP contribution in [0.4, 0.5) is 0 Å². The van der Waals surface area contributed by atoms with Gasteiger partial charge in [-0.25, -0.2) is 4.79 Å². The van der Waals surface area contributed by atoms with Gasteiger partial charge in [0.05, 0.1) is 6.61 Å². The molecule has 4 aliphatic rings. The maximum absolute atomic E-state index is 12.5. The van der Waals surface area contributed by atoms with Crippen LogP contribution in [0.3, 0.4) is 0 Å². The lowest BCUT2D eigenvalue weighted by Crippen LogP contribution is -2.83. The molecule has 4 rings (SSSR count). The highest BCUT2D eigenvalue weighted by atomic mass is 28.6. The molecule has 4 aliphatic heterocycles. The van der Waals surface area contributed by atoms with Crippen molar-refractivity contribution in [2.24, 2.45) is 0 Å². The first-order valence-corrected chi connectivity index (χ1v) is 37.4. The summed E-state index contributed by atoms with van der Waals surface area (Å²) in [6, 6.07) is 4.73. The van der Waals surface area contributed by atoms with E-state index in [0.29, 0.717) is 48.3 Å². The van der Waals surface area contributed by atoms with Crippen LogP contribution in [-0.2, 0) is 54.8 Å². The summed E-state index contributed by atoms with van der Waals surface area (Å²) >= 11 is 0. The Balaban J connectivity index is 2.05. The first-order valence-electron chi connectivity index (χ1n) is 22.3. The van der Waals surface area contributed by atoms with Crippen LogP contribution in [0, 0.1) is 0 Å². The number of fused-ring (bicyclic) bond motifs is 4. The number of esters is 1. The van der Waals surface area contributed by atoms with E-state index in [1.807, 2.05) is 0 Å². The van der Waals surface area contributed by atoms with E-state index in [0.717, 1.165) is 102 Å². The zero-order chi connectivity index (χ0) is 40.8. The van der Waals surface area contributed by atoms with Crippen LogP contribution in [0.2, 0.25) is 48.4 Å². The van der Waals surface area contributed by atoms with Crippen LogP contribution in [0.15, 0.2) is 12.2 Å². The van der Waals surface area contributed by atoms with Gasteiger partial charge in [-0.05, 0) is 57.5 Å². The van der Waals surface area contributed by atoms with E-state index in [4.69, 9.17) is 50.0 Å². The van der Waals surface area contributed by atoms with Gasteiger partial charge >= 0.3 is 77.4 Å². The van der Waals surface area contributed by atoms with Gasteiger partial charge in [-0.3, -0.25) is 0 Å². The van der Waals surface area contributed by atoms with E-state index >= 15 is 0 Å². The molecule has 8 atom stereocenters. The Morgan fingerprint density at radius 1 is 0.446 bits per heavy atom. The average Bonchev–Trinajstić information content (AvgIpc) is 3.14. The minimum atomic E-state index is -3.86. The topological polar surface area (TPSA) is 128 Å². The van der Waals surface area contributed by atoms with Crippen molar-refractivity contribution in [3.05, 3.63) is 12.2 Å². The Hall–Kier alpha value is 0.505. The smallest absolute Gasteiger partial charge is 0.462 e. The number of hydrogen-bond donors (Lipinski definition) is 0. The molecule has 56 heavy (non-hydrogen) atoms. The number of ether oxygens (including phenoxy) is 1. The van der Waals surface area contributed by atoms with Gasteiger partial charge in [0.2, 0.25) is 0 Å². The lowest BCUT2D eigenvalue weighted by molar-refractivity contribution is -0.139. The van der Waals surface area contributed by atoms with Crippen LogP contribution in [-0.4, -0.2) is 84.0 Å². The summed E-state index contributed by atoms with van der Waals surface area (Å²) in [5, 5.41) is 0. The monoisotopic (exact) mass is 928 g/mol. The fourth-order valence-electron chi connectivity index (χ4n) is 7.38. The molecule has 4 saturated heterocycles. The van der Waals surface area contributed by atoms with E-state index in [9.17, 15) is 4.79 Å². The highest BCUT2D eigenvalue weighted by molar-refractivity contribution is 6.99. The van der Waals surface area contributed by atoms with Crippen molar-refractivity contribution in [3.63, 3.8) is 0 Å². The van der Waals surface area contributed by atoms with Crippen molar-refractivity contribution in [2.75, 3.05) is 6.61 Å². The van der Waals surface area contributed by atoms with Crippen molar-refractivity contribution in [3.8, 4) is 0 Å². The molecule has 0 N–H and O–H groups in total. The van der Waals surface area contributed by atoms with Crippen molar-refractivity contribution in [1.29, 1.82) is 0 Å². The third-order valence-electron chi connectivity index (χ3n) is 10.4. The maximum atomic E-state index is 12.5. The molecule has 0 aromatic rings. The van der Waals surface area contributed by atoms with Gasteiger partial charge in [0.25, 0.3) is 0 Å². The number of hydrogen-bond acceptors (Lipinski definition) is 13. The van der Waals surface area contributed by atoms with E-state index in [-0.39, 0.29) is 6.61 Å². The molecule has 0 aromatic heterocycles. The first-order chi connectivity index (χ1) is 26.9. The van der Waals surface area contributed by atoms with Gasteiger partial charge < -0.3 is 50.0 Å². The lowest BCUT2D eigenvalue weighted by atomic mass is 10.4. The fourth-order valence-corrected chi connectivity index (χ4v) is 54.2. The molecule has 13 nitrogen and oxygen atoms in total. The Morgan fingerprint density at radius 3 is 1.02 bits per heavy atom. The molecular weight excluding hydrogens is 853 g/mol. The first kappa shape index (κ1) is 49.2. The summed E-state index contributed by atoms with van der Waals surface area (Å²) in [7, 11) is -27.7. The van der Waals surface area contributed by atoms with Crippen molar-refractivity contribution in [2.45, 2.75) is 200 Å². The van der Waals surface area contributed by atoms with Gasteiger partial charge in [0.15, 0.2) is 0 Å². The van der Waals surface area contributed by atoms with Gasteiger partial charge in [-0.2, -0.15) is 0 Å². The van der Waals surface area contributed by atoms with Crippen LogP contribution >= 0.6 is 0 Å². The van der Waals surface area contributed by atoms with Crippen LogP contribution < -0.4 is 0 Å². The number of unbranched alkanes of at least 4 members (excludes halogenated alkanes) is 7. The molecule has 0 aliphatic carbocycles. The fraction of sp³-hybridized carbons (Fsp3) is 0.914. The summed E-state index contributed by atoms with van der Waals surface area (Å²) in [5.41, 5.74) is 0.356. The number of carbonyl (C=O) groups excluding carboxylic acids is 1. The standard InChI is InChI=1S/C35H76O13Si8/c1-10-17-26-49-38-51(28-19-12-3)42-52(29-20-13-4)40-50(27-18-11-2)41-54(33-24-25-37-35(36)34(8)9)43-53(39-49,30-21-14-5)46-55(44-51,31-22-15-6)48-56(45-52,47-54)32-23-16-7/h49-50H,8,10-33H2,1-7,9H3. The van der Waals surface area contributed by atoms with Gasteiger partial charge in [0.1, 0.15) is 0 Å². The number of carbonyl (C=O) groups is 1. The summed E-state index contributed by atoms with van der Waals surface area (Å²) in [6.07, 6.45) is 13.1. The summed E-state index contributed by atoms with van der Waals surface area (Å²) in [4.78, 5) is 12.5. The average molecular weight is 930 g/mol. The Kier molecular flexibility index (Phi) is 20.3. The molecular formula is C35H76O13Si8. The molecule has 0 amide bonds. The third-order valence-corrected chi connectivity index (χ3v) is 45.3. The second-order valence-electron chi connectivity index (χ2n) is 16.0. The van der Waals surface area contributed by atoms with Crippen LogP contribution in [0.1, 0.15) is 152 Å². The van der Waals surface area contributed by atoms with Gasteiger partial charge in [0, 0.05) is 41.8 Å². The zero-order valence-corrected chi connectivity index (χ0v) is 44.4. The lowest BCUT2D eigenvalue weighted by Gasteiger charge is -2.59. The molecule has 4 heterocycles. The Bertz CT molecular complexity index is 1230. The predicted octanol–water partition coefficient (Wildman–Crippen LogP) is 9.41. The highest BCUT2D eigenvalue weighted by Crippen LogP contribution is 2.50. The summed E-state index contributed by atoms with van der Waals surface area (Å²) in [6.45, 7) is 20.9. The van der Waals surface area contributed by atoms with E-state index in [1.165, 1.54) is 0 Å². The van der Waals surface area contributed by atoms with Crippen LogP contribution in [0.5, 0.6) is 0 Å². The van der Waals surface area contributed by atoms with E-state index in [2.05, 4.69) is 55.0 Å². The molecule has 0 saturated carbocycles. The van der Waals surface area contributed by atoms with Crippen molar-refractivity contribution < 1.29 is 54.8 Å². The van der Waals surface area contributed by atoms with Crippen molar-refractivity contribution in [1.82, 2.24) is 0 Å². The quantitative estimate of drug-likeness (QED) is 0.0354. The SMILES string of the molecule is C=C(C)C(=O)OCCC[Si]12O[SiH](CCCC)O[Si]3(CCCC)O[Si]4(CCCC)O[SiH](CCCC)O[Si](CCCC)(O1)O[Si](CCCC)(O4)O[Si](CCCC)(O3)O2. The maximum Gasteiger partial charge on any atom is 0.478 e. The minimum Gasteiger partial charge on any atom is -0.462 e. The molecule has 326 valence electrons. The molecule has 4 fully saturated rings. The molecule has 0 aromatic carbocycles. The molecule has 0 spiro atoms. The number of rotatable bonds is 26.